The van der Waals surface area contributed by atoms with Crippen molar-refractivity contribution in [3.8, 4) is 0 Å². The lowest BCUT2D eigenvalue weighted by atomic mass is 10.1. The third kappa shape index (κ3) is 5.51. The van der Waals surface area contributed by atoms with Crippen LogP contribution in [0.3, 0.4) is 0 Å². The topological polar surface area (TPSA) is 72.8 Å². The molecule has 0 bridgehead atoms. The van der Waals surface area contributed by atoms with Gasteiger partial charge in [0.05, 0.1) is 4.90 Å². The maximum absolute atomic E-state index is 12.2. The van der Waals surface area contributed by atoms with E-state index in [1.54, 1.807) is 24.3 Å². The first-order valence-electron chi connectivity index (χ1n) is 8.89. The lowest BCUT2D eigenvalue weighted by Crippen LogP contribution is -2.19. The van der Waals surface area contributed by atoms with E-state index in [0.29, 0.717) is 6.42 Å². The molecule has 0 aliphatic carbocycles. The van der Waals surface area contributed by atoms with E-state index in [1.807, 2.05) is 0 Å². The van der Waals surface area contributed by atoms with Crippen molar-refractivity contribution in [2.75, 3.05) is 18.0 Å². The molecule has 0 N–H and O–H groups in total. The molecular weight excluding hydrogens is 324 g/mol. The zero-order valence-corrected chi connectivity index (χ0v) is 15.2. The molecule has 1 aliphatic rings. The molecule has 0 aromatic heterocycles. The summed E-state index contributed by atoms with van der Waals surface area (Å²) in [6, 6.07) is 6.67. The Labute approximate surface area is 145 Å². The molecule has 134 valence electrons. The normalized spacial score (nSPS) is 15.9. The average Bonchev–Trinajstić information content (AvgIpc) is 3.09. The fourth-order valence-corrected chi connectivity index (χ4v) is 3.86. The van der Waals surface area contributed by atoms with E-state index in [2.05, 4.69) is 16.2 Å². The summed E-state index contributed by atoms with van der Waals surface area (Å²) in [7, 11) is -3.89. The van der Waals surface area contributed by atoms with Gasteiger partial charge in [-0.1, -0.05) is 32.6 Å². The van der Waals surface area contributed by atoms with Gasteiger partial charge in [-0.2, -0.15) is 12.8 Å². The van der Waals surface area contributed by atoms with Crippen molar-refractivity contribution in [3.63, 3.8) is 0 Å². The standard InChI is InChI=1S/C18H28N2O3S/c1-2-3-4-5-6-9-18(21)19-24(22,23)17-12-10-16(11-13-17)20-14-7-8-15-20/h10-13H,2-9,14-15H2,1H3,(H,19,21)/p-1. The Bertz CT molecular complexity index is 633. The van der Waals surface area contributed by atoms with Crippen LogP contribution in [0, 0.1) is 0 Å². The lowest BCUT2D eigenvalue weighted by Gasteiger charge is -2.17. The van der Waals surface area contributed by atoms with E-state index >= 15 is 0 Å². The van der Waals surface area contributed by atoms with E-state index in [4.69, 9.17) is 0 Å². The van der Waals surface area contributed by atoms with Crippen LogP contribution in [0.1, 0.15) is 58.3 Å². The van der Waals surface area contributed by atoms with E-state index in [1.165, 1.54) is 12.8 Å². The van der Waals surface area contributed by atoms with Gasteiger partial charge in [0.25, 0.3) is 10.0 Å². The predicted octanol–water partition coefficient (Wildman–Crippen LogP) is 3.09. The fourth-order valence-electron chi connectivity index (χ4n) is 2.92. The van der Waals surface area contributed by atoms with Crippen molar-refractivity contribution in [1.29, 1.82) is 0 Å². The number of hydrogen-bond acceptors (Lipinski definition) is 4. The van der Waals surface area contributed by atoms with Gasteiger partial charge < -0.3 is 10.0 Å². The SMILES string of the molecule is CCCCCCC/C([O-])=N/S(=O)(=O)c1ccc(N2CCCC2)cc1. The Morgan fingerprint density at radius 2 is 1.71 bits per heavy atom. The van der Waals surface area contributed by atoms with E-state index in [-0.39, 0.29) is 11.3 Å². The minimum absolute atomic E-state index is 0.0878. The zero-order valence-electron chi connectivity index (χ0n) is 14.4. The Morgan fingerprint density at radius 3 is 2.33 bits per heavy atom. The number of nitrogens with zero attached hydrogens (tertiary/aromatic N) is 2. The summed E-state index contributed by atoms with van der Waals surface area (Å²) < 4.78 is 27.9. The maximum atomic E-state index is 12.2. The molecule has 6 heteroatoms. The second-order valence-corrected chi connectivity index (χ2v) is 7.92. The van der Waals surface area contributed by atoms with Gasteiger partial charge in [-0.15, -0.1) is 0 Å². The van der Waals surface area contributed by atoms with Gasteiger partial charge in [-0.05, 0) is 55.8 Å². The van der Waals surface area contributed by atoms with Gasteiger partial charge in [-0.25, -0.2) is 0 Å². The minimum Gasteiger partial charge on any atom is -0.861 e. The Balaban J connectivity index is 1.94. The molecule has 1 aliphatic heterocycles. The van der Waals surface area contributed by atoms with Crippen LogP contribution in [0.15, 0.2) is 33.6 Å². The number of benzene rings is 1. The van der Waals surface area contributed by atoms with Gasteiger partial charge in [0, 0.05) is 18.8 Å². The van der Waals surface area contributed by atoms with Gasteiger partial charge in [0.1, 0.15) is 0 Å². The molecule has 2 rings (SSSR count). The Morgan fingerprint density at radius 1 is 1.08 bits per heavy atom. The lowest BCUT2D eigenvalue weighted by molar-refractivity contribution is -0.218. The molecule has 1 aromatic carbocycles. The molecule has 1 saturated heterocycles. The van der Waals surface area contributed by atoms with Crippen LogP contribution >= 0.6 is 0 Å². The molecule has 0 spiro atoms. The van der Waals surface area contributed by atoms with Crippen LogP contribution in [0.4, 0.5) is 5.69 Å². The molecule has 1 fully saturated rings. The van der Waals surface area contributed by atoms with E-state index < -0.39 is 15.9 Å². The molecule has 1 heterocycles. The molecule has 0 radical (unpaired) electrons. The molecule has 0 atom stereocenters. The van der Waals surface area contributed by atoms with Crippen molar-refractivity contribution in [2.24, 2.45) is 4.40 Å². The molecule has 1 aromatic rings. The first-order valence-corrected chi connectivity index (χ1v) is 10.3. The molecule has 5 nitrogen and oxygen atoms in total. The Kier molecular flexibility index (Phi) is 7.09. The number of sulfonamides is 1. The van der Waals surface area contributed by atoms with E-state index in [9.17, 15) is 13.5 Å². The second kappa shape index (κ2) is 9.06. The van der Waals surface area contributed by atoms with Crippen LogP contribution < -0.4 is 10.0 Å². The van der Waals surface area contributed by atoms with Gasteiger partial charge in [-0.3, -0.25) is 0 Å². The highest BCUT2D eigenvalue weighted by atomic mass is 32.2. The van der Waals surface area contributed by atoms with E-state index in [0.717, 1.165) is 44.5 Å². The third-order valence-electron chi connectivity index (χ3n) is 4.32. The zero-order chi connectivity index (χ0) is 17.4. The van der Waals surface area contributed by atoms with Gasteiger partial charge in [0.2, 0.25) is 0 Å². The molecule has 0 unspecified atom stereocenters. The van der Waals surface area contributed by atoms with Crippen LogP contribution in [-0.4, -0.2) is 27.4 Å². The van der Waals surface area contributed by atoms with Crippen molar-refractivity contribution in [2.45, 2.75) is 63.2 Å². The summed E-state index contributed by atoms with van der Waals surface area (Å²) in [4.78, 5) is 2.32. The number of unbranched alkanes of at least 4 members (excludes halogenated alkanes) is 4. The smallest absolute Gasteiger partial charge is 0.281 e. The summed E-state index contributed by atoms with van der Waals surface area (Å²) in [5, 5.41) is 11.8. The van der Waals surface area contributed by atoms with Crippen LogP contribution in [-0.2, 0) is 10.0 Å². The first-order chi connectivity index (χ1) is 11.5. The van der Waals surface area contributed by atoms with Crippen molar-refractivity contribution < 1.29 is 13.5 Å². The minimum atomic E-state index is -3.89. The highest BCUT2D eigenvalue weighted by Gasteiger charge is 2.15. The summed E-state index contributed by atoms with van der Waals surface area (Å²) in [5.74, 6) is -0.546. The monoisotopic (exact) mass is 351 g/mol. The van der Waals surface area contributed by atoms with Gasteiger partial charge >= 0.3 is 0 Å². The third-order valence-corrected chi connectivity index (χ3v) is 5.63. The van der Waals surface area contributed by atoms with Crippen molar-refractivity contribution >= 4 is 21.6 Å². The van der Waals surface area contributed by atoms with Crippen LogP contribution in [0.5, 0.6) is 0 Å². The van der Waals surface area contributed by atoms with Crippen LogP contribution in [0.2, 0.25) is 0 Å². The largest absolute Gasteiger partial charge is 0.861 e. The number of hydrogen-bond donors (Lipinski definition) is 0. The second-order valence-electron chi connectivity index (χ2n) is 6.31. The van der Waals surface area contributed by atoms with Crippen molar-refractivity contribution in [3.05, 3.63) is 24.3 Å². The summed E-state index contributed by atoms with van der Waals surface area (Å²) in [5.41, 5.74) is 1.02. The molecule has 0 amide bonds. The maximum Gasteiger partial charge on any atom is 0.281 e. The number of anilines is 1. The Hall–Kier alpha value is -1.56. The van der Waals surface area contributed by atoms with Crippen LogP contribution in [0.25, 0.3) is 0 Å². The molecular formula is C18H27N2O3S-. The summed E-state index contributed by atoms with van der Waals surface area (Å²) in [6.45, 7) is 4.14. The first kappa shape index (κ1) is 18.8. The fraction of sp³-hybridized carbons (Fsp3) is 0.611. The predicted molar refractivity (Wildman–Crippen MR) is 95.9 cm³/mol. The molecule has 0 saturated carbocycles. The number of rotatable bonds is 9. The quantitative estimate of drug-likeness (QED) is 0.389. The summed E-state index contributed by atoms with van der Waals surface area (Å²) in [6.07, 6.45) is 7.55. The highest BCUT2D eigenvalue weighted by Crippen LogP contribution is 2.22. The average molecular weight is 351 g/mol. The van der Waals surface area contributed by atoms with Crippen molar-refractivity contribution in [1.82, 2.24) is 0 Å². The van der Waals surface area contributed by atoms with Gasteiger partial charge in [0.15, 0.2) is 0 Å². The highest BCUT2D eigenvalue weighted by molar-refractivity contribution is 7.90. The molecule has 24 heavy (non-hydrogen) atoms. The summed E-state index contributed by atoms with van der Waals surface area (Å²) >= 11 is 0.